The molecule has 1 aromatic rings. The van der Waals surface area contributed by atoms with Crippen LogP contribution in [0, 0.1) is 6.92 Å². The van der Waals surface area contributed by atoms with Crippen molar-refractivity contribution in [1.29, 1.82) is 0 Å². The van der Waals surface area contributed by atoms with Crippen molar-refractivity contribution >= 4 is 11.7 Å². The molecular weight excluding hydrogens is 214 g/mol. The minimum atomic E-state index is -0.0140. The van der Waals surface area contributed by atoms with Crippen LogP contribution >= 0.6 is 0 Å². The molecule has 1 amide bonds. The second-order valence-electron chi connectivity index (χ2n) is 5.14. The smallest absolute Gasteiger partial charge is 0.226 e. The molecule has 0 bridgehead atoms. The first-order valence-electron chi connectivity index (χ1n) is 5.85. The predicted octanol–water partition coefficient (Wildman–Crippen LogP) is 2.11. The number of rotatable bonds is 4. The van der Waals surface area contributed by atoms with Gasteiger partial charge in [0, 0.05) is 24.2 Å². The van der Waals surface area contributed by atoms with Gasteiger partial charge in [-0.2, -0.15) is 0 Å². The molecular formula is C13H21N3O. The maximum atomic E-state index is 11.6. The molecule has 2 N–H and O–H groups in total. The summed E-state index contributed by atoms with van der Waals surface area (Å²) in [7, 11) is 0. The van der Waals surface area contributed by atoms with Crippen LogP contribution in [-0.4, -0.2) is 23.0 Å². The fourth-order valence-corrected chi connectivity index (χ4v) is 1.37. The van der Waals surface area contributed by atoms with Gasteiger partial charge in [0.15, 0.2) is 0 Å². The third kappa shape index (κ3) is 6.02. The van der Waals surface area contributed by atoms with Gasteiger partial charge in [0.05, 0.1) is 0 Å². The average molecular weight is 235 g/mol. The van der Waals surface area contributed by atoms with Crippen LogP contribution in [0.4, 0.5) is 5.82 Å². The zero-order valence-electron chi connectivity index (χ0n) is 11.0. The molecule has 0 aromatic carbocycles. The predicted molar refractivity (Wildman–Crippen MR) is 70.0 cm³/mol. The van der Waals surface area contributed by atoms with E-state index in [9.17, 15) is 4.79 Å². The largest absolute Gasteiger partial charge is 0.312 e. The molecule has 0 aliphatic carbocycles. The van der Waals surface area contributed by atoms with Gasteiger partial charge in [-0.3, -0.25) is 4.79 Å². The number of aromatic nitrogens is 1. The molecule has 0 fully saturated rings. The Balaban J connectivity index is 2.35. The van der Waals surface area contributed by atoms with E-state index in [2.05, 4.69) is 36.4 Å². The molecule has 0 saturated carbocycles. The lowest BCUT2D eigenvalue weighted by Gasteiger charge is -2.20. The van der Waals surface area contributed by atoms with Crippen LogP contribution in [0.25, 0.3) is 0 Å². The first kappa shape index (κ1) is 13.6. The van der Waals surface area contributed by atoms with Crippen molar-refractivity contribution in [1.82, 2.24) is 10.3 Å². The molecule has 4 heteroatoms. The fourth-order valence-electron chi connectivity index (χ4n) is 1.37. The zero-order chi connectivity index (χ0) is 12.9. The Hall–Kier alpha value is -1.42. The first-order valence-corrected chi connectivity index (χ1v) is 5.85. The van der Waals surface area contributed by atoms with Gasteiger partial charge in [0.2, 0.25) is 5.91 Å². The maximum Gasteiger partial charge on any atom is 0.226 e. The van der Waals surface area contributed by atoms with Crippen molar-refractivity contribution in [3.8, 4) is 0 Å². The number of nitrogens with one attached hydrogen (secondary N) is 2. The Morgan fingerprint density at radius 3 is 2.65 bits per heavy atom. The molecule has 0 atom stereocenters. The Morgan fingerprint density at radius 2 is 2.06 bits per heavy atom. The topological polar surface area (TPSA) is 54.0 Å². The Bertz CT molecular complexity index is 382. The normalized spacial score (nSPS) is 11.3. The van der Waals surface area contributed by atoms with Crippen LogP contribution in [0.3, 0.4) is 0 Å². The van der Waals surface area contributed by atoms with Gasteiger partial charge in [-0.25, -0.2) is 4.98 Å². The molecule has 94 valence electrons. The number of nitrogens with zero attached hydrogens (tertiary/aromatic N) is 1. The lowest BCUT2D eigenvalue weighted by atomic mass is 10.1. The number of hydrogen-bond acceptors (Lipinski definition) is 3. The van der Waals surface area contributed by atoms with E-state index >= 15 is 0 Å². The SMILES string of the molecule is Cc1cccc(NC(=O)CCNC(C)(C)C)n1. The first-order chi connectivity index (χ1) is 7.87. The van der Waals surface area contributed by atoms with Crippen molar-refractivity contribution in [2.45, 2.75) is 39.7 Å². The van der Waals surface area contributed by atoms with Crippen molar-refractivity contribution in [2.24, 2.45) is 0 Å². The van der Waals surface area contributed by atoms with Gasteiger partial charge in [-0.05, 0) is 39.8 Å². The van der Waals surface area contributed by atoms with Crippen molar-refractivity contribution in [2.75, 3.05) is 11.9 Å². The van der Waals surface area contributed by atoms with Crippen LogP contribution in [0.5, 0.6) is 0 Å². The van der Waals surface area contributed by atoms with Crippen LogP contribution in [-0.2, 0) is 4.79 Å². The van der Waals surface area contributed by atoms with E-state index in [-0.39, 0.29) is 11.4 Å². The number of carbonyl (C=O) groups is 1. The van der Waals surface area contributed by atoms with Gasteiger partial charge in [-0.1, -0.05) is 6.07 Å². The summed E-state index contributed by atoms with van der Waals surface area (Å²) in [6, 6.07) is 5.57. The molecule has 0 radical (unpaired) electrons. The van der Waals surface area contributed by atoms with E-state index in [1.807, 2.05) is 19.1 Å². The molecule has 1 heterocycles. The highest BCUT2D eigenvalue weighted by Crippen LogP contribution is 2.04. The minimum Gasteiger partial charge on any atom is -0.312 e. The molecule has 0 saturated heterocycles. The monoisotopic (exact) mass is 235 g/mol. The summed E-state index contributed by atoms with van der Waals surface area (Å²) < 4.78 is 0. The number of carbonyl (C=O) groups excluding carboxylic acids is 1. The standard InChI is InChI=1S/C13H21N3O/c1-10-6-5-7-11(15-10)16-12(17)8-9-14-13(2,3)4/h5-7,14H,8-9H2,1-4H3,(H,15,16,17). The highest BCUT2D eigenvalue weighted by Gasteiger charge is 2.09. The van der Waals surface area contributed by atoms with Crippen LogP contribution < -0.4 is 10.6 Å². The average Bonchev–Trinajstić information content (AvgIpc) is 2.15. The van der Waals surface area contributed by atoms with Crippen molar-refractivity contribution in [3.05, 3.63) is 23.9 Å². The number of anilines is 1. The third-order valence-corrected chi connectivity index (χ3v) is 2.16. The summed E-state index contributed by atoms with van der Waals surface area (Å²) in [5.41, 5.74) is 0.942. The van der Waals surface area contributed by atoms with E-state index in [0.29, 0.717) is 18.8 Å². The zero-order valence-corrected chi connectivity index (χ0v) is 11.0. The second kappa shape index (κ2) is 5.77. The van der Waals surface area contributed by atoms with E-state index in [1.54, 1.807) is 6.07 Å². The minimum absolute atomic E-state index is 0.0140. The van der Waals surface area contributed by atoms with Crippen LogP contribution in [0.2, 0.25) is 0 Å². The van der Waals surface area contributed by atoms with Crippen LogP contribution in [0.1, 0.15) is 32.9 Å². The summed E-state index contributed by atoms with van der Waals surface area (Å²) in [4.78, 5) is 15.8. The van der Waals surface area contributed by atoms with Crippen molar-refractivity contribution < 1.29 is 4.79 Å². The molecule has 0 unspecified atom stereocenters. The number of aryl methyl sites for hydroxylation is 1. The van der Waals surface area contributed by atoms with Gasteiger partial charge in [0.1, 0.15) is 5.82 Å². The molecule has 17 heavy (non-hydrogen) atoms. The van der Waals surface area contributed by atoms with Gasteiger partial charge >= 0.3 is 0 Å². The quantitative estimate of drug-likeness (QED) is 0.840. The summed E-state index contributed by atoms with van der Waals surface area (Å²) >= 11 is 0. The number of hydrogen-bond donors (Lipinski definition) is 2. The molecule has 0 spiro atoms. The van der Waals surface area contributed by atoms with E-state index in [0.717, 1.165) is 5.69 Å². The summed E-state index contributed by atoms with van der Waals surface area (Å²) in [6.07, 6.45) is 0.451. The fraction of sp³-hybridized carbons (Fsp3) is 0.538. The van der Waals surface area contributed by atoms with Gasteiger partial charge in [-0.15, -0.1) is 0 Å². The van der Waals surface area contributed by atoms with Crippen LogP contribution in [0.15, 0.2) is 18.2 Å². The summed E-state index contributed by atoms with van der Waals surface area (Å²) in [5, 5.41) is 6.05. The highest BCUT2D eigenvalue weighted by molar-refractivity contribution is 5.89. The number of pyridine rings is 1. The third-order valence-electron chi connectivity index (χ3n) is 2.16. The molecule has 0 aliphatic rings. The van der Waals surface area contributed by atoms with E-state index in [1.165, 1.54) is 0 Å². The van der Waals surface area contributed by atoms with Gasteiger partial charge in [0.25, 0.3) is 0 Å². The second-order valence-corrected chi connectivity index (χ2v) is 5.14. The molecule has 1 aromatic heterocycles. The lowest BCUT2D eigenvalue weighted by molar-refractivity contribution is -0.116. The lowest BCUT2D eigenvalue weighted by Crippen LogP contribution is -2.37. The molecule has 1 rings (SSSR count). The molecule has 0 aliphatic heterocycles. The van der Waals surface area contributed by atoms with E-state index in [4.69, 9.17) is 0 Å². The number of amides is 1. The highest BCUT2D eigenvalue weighted by atomic mass is 16.1. The summed E-state index contributed by atoms with van der Waals surface area (Å²) in [5.74, 6) is 0.602. The summed E-state index contributed by atoms with van der Waals surface area (Å²) in [6.45, 7) is 8.80. The maximum absolute atomic E-state index is 11.6. The molecule has 4 nitrogen and oxygen atoms in total. The Kier molecular flexibility index (Phi) is 4.63. The van der Waals surface area contributed by atoms with Crippen molar-refractivity contribution in [3.63, 3.8) is 0 Å². The van der Waals surface area contributed by atoms with Gasteiger partial charge < -0.3 is 10.6 Å². The van der Waals surface area contributed by atoms with E-state index < -0.39 is 0 Å². The Morgan fingerprint density at radius 1 is 1.35 bits per heavy atom. The Labute approximate surface area is 103 Å².